The molecule has 0 aromatic heterocycles. The standard InChI is InChI=1S/C14H22N2O3S/c1-4-9-20(18,19)15-10-12-5-7-13(8-6-12)16-14(17)11(2)3/h5-8,11,15H,4,9-10H2,1-3H3,(H,16,17). The van der Waals surface area contributed by atoms with Crippen LogP contribution in [0.25, 0.3) is 0 Å². The van der Waals surface area contributed by atoms with Crippen LogP contribution in [0.4, 0.5) is 5.69 Å². The third-order valence-electron chi connectivity index (χ3n) is 2.71. The average Bonchev–Trinajstić information content (AvgIpc) is 2.38. The predicted molar refractivity (Wildman–Crippen MR) is 80.8 cm³/mol. The molecule has 0 radical (unpaired) electrons. The maximum atomic E-state index is 11.5. The molecule has 0 aliphatic rings. The van der Waals surface area contributed by atoms with Gasteiger partial charge in [-0.3, -0.25) is 4.79 Å². The zero-order valence-electron chi connectivity index (χ0n) is 12.1. The molecule has 112 valence electrons. The van der Waals surface area contributed by atoms with Gasteiger partial charge in [-0.1, -0.05) is 32.9 Å². The van der Waals surface area contributed by atoms with Gasteiger partial charge in [0, 0.05) is 18.2 Å². The molecule has 20 heavy (non-hydrogen) atoms. The molecule has 1 aromatic rings. The van der Waals surface area contributed by atoms with Crippen LogP contribution in [0.3, 0.4) is 0 Å². The fourth-order valence-corrected chi connectivity index (χ4v) is 2.60. The van der Waals surface area contributed by atoms with E-state index in [0.29, 0.717) is 12.1 Å². The van der Waals surface area contributed by atoms with E-state index in [0.717, 1.165) is 5.56 Å². The highest BCUT2D eigenvalue weighted by atomic mass is 32.2. The molecule has 5 nitrogen and oxygen atoms in total. The first-order valence-electron chi connectivity index (χ1n) is 6.71. The highest BCUT2D eigenvalue weighted by Gasteiger charge is 2.09. The Balaban J connectivity index is 2.57. The second-order valence-electron chi connectivity index (χ2n) is 4.98. The summed E-state index contributed by atoms with van der Waals surface area (Å²) in [6, 6.07) is 7.13. The molecular formula is C14H22N2O3S. The third kappa shape index (κ3) is 5.71. The SMILES string of the molecule is CCCS(=O)(=O)NCc1ccc(NC(=O)C(C)C)cc1. The normalized spacial score (nSPS) is 11.6. The number of carbonyl (C=O) groups is 1. The van der Waals surface area contributed by atoms with Gasteiger partial charge in [0.05, 0.1) is 5.75 Å². The maximum Gasteiger partial charge on any atom is 0.226 e. The topological polar surface area (TPSA) is 75.3 Å². The molecule has 0 unspecified atom stereocenters. The van der Waals surface area contributed by atoms with Crippen LogP contribution in [-0.2, 0) is 21.4 Å². The number of amides is 1. The number of sulfonamides is 1. The maximum absolute atomic E-state index is 11.5. The Labute approximate surface area is 120 Å². The summed E-state index contributed by atoms with van der Waals surface area (Å²) in [6.45, 7) is 5.74. The zero-order chi connectivity index (χ0) is 15.2. The van der Waals surface area contributed by atoms with Crippen LogP contribution >= 0.6 is 0 Å². The summed E-state index contributed by atoms with van der Waals surface area (Å²) in [5.74, 6) is 0.0205. The van der Waals surface area contributed by atoms with Crippen molar-refractivity contribution in [3.63, 3.8) is 0 Å². The molecule has 1 aromatic carbocycles. The summed E-state index contributed by atoms with van der Waals surface area (Å²) in [6.07, 6.45) is 0.593. The number of hydrogen-bond acceptors (Lipinski definition) is 3. The summed E-state index contributed by atoms with van der Waals surface area (Å²) in [7, 11) is -3.19. The average molecular weight is 298 g/mol. The third-order valence-corrected chi connectivity index (χ3v) is 4.24. The van der Waals surface area contributed by atoms with Crippen molar-refractivity contribution in [1.29, 1.82) is 0 Å². The van der Waals surface area contributed by atoms with Crippen molar-refractivity contribution >= 4 is 21.6 Å². The number of hydrogen-bond donors (Lipinski definition) is 2. The van der Waals surface area contributed by atoms with E-state index < -0.39 is 10.0 Å². The van der Waals surface area contributed by atoms with E-state index in [-0.39, 0.29) is 24.1 Å². The number of benzene rings is 1. The van der Waals surface area contributed by atoms with Gasteiger partial charge < -0.3 is 5.32 Å². The minimum Gasteiger partial charge on any atom is -0.326 e. The number of carbonyl (C=O) groups excluding carboxylic acids is 1. The predicted octanol–water partition coefficient (Wildman–Crippen LogP) is 2.11. The Morgan fingerprint density at radius 1 is 1.20 bits per heavy atom. The van der Waals surface area contributed by atoms with E-state index in [2.05, 4.69) is 10.0 Å². The molecule has 0 atom stereocenters. The molecule has 0 spiro atoms. The van der Waals surface area contributed by atoms with Gasteiger partial charge in [0.1, 0.15) is 0 Å². The fraction of sp³-hybridized carbons (Fsp3) is 0.500. The summed E-state index contributed by atoms with van der Waals surface area (Å²) in [5, 5.41) is 2.78. The summed E-state index contributed by atoms with van der Waals surface area (Å²) >= 11 is 0. The number of nitrogens with one attached hydrogen (secondary N) is 2. The van der Waals surface area contributed by atoms with Crippen LogP contribution in [0, 0.1) is 5.92 Å². The molecule has 2 N–H and O–H groups in total. The lowest BCUT2D eigenvalue weighted by atomic mass is 10.2. The molecule has 0 aliphatic heterocycles. The van der Waals surface area contributed by atoms with Gasteiger partial charge in [-0.15, -0.1) is 0 Å². The van der Waals surface area contributed by atoms with Crippen LogP contribution in [0.15, 0.2) is 24.3 Å². The Morgan fingerprint density at radius 3 is 2.30 bits per heavy atom. The van der Waals surface area contributed by atoms with Gasteiger partial charge in [0.15, 0.2) is 0 Å². The lowest BCUT2D eigenvalue weighted by Crippen LogP contribution is -2.25. The van der Waals surface area contributed by atoms with Crippen molar-refractivity contribution in [3.8, 4) is 0 Å². The molecule has 0 saturated heterocycles. The lowest BCUT2D eigenvalue weighted by molar-refractivity contribution is -0.118. The highest BCUT2D eigenvalue weighted by Crippen LogP contribution is 2.11. The second-order valence-corrected chi connectivity index (χ2v) is 6.91. The van der Waals surface area contributed by atoms with E-state index in [9.17, 15) is 13.2 Å². The van der Waals surface area contributed by atoms with Gasteiger partial charge in [-0.25, -0.2) is 13.1 Å². The first-order valence-corrected chi connectivity index (χ1v) is 8.36. The Hall–Kier alpha value is -1.40. The zero-order valence-corrected chi connectivity index (χ0v) is 13.0. The van der Waals surface area contributed by atoms with Gasteiger partial charge in [-0.2, -0.15) is 0 Å². The summed E-state index contributed by atoms with van der Waals surface area (Å²) in [4.78, 5) is 11.5. The molecule has 0 aliphatic carbocycles. The van der Waals surface area contributed by atoms with Crippen molar-refractivity contribution in [3.05, 3.63) is 29.8 Å². The van der Waals surface area contributed by atoms with E-state index in [1.807, 2.05) is 20.8 Å². The molecular weight excluding hydrogens is 276 g/mol. The lowest BCUT2D eigenvalue weighted by Gasteiger charge is -2.09. The summed E-state index contributed by atoms with van der Waals surface area (Å²) in [5.41, 5.74) is 1.57. The van der Waals surface area contributed by atoms with Crippen LogP contribution < -0.4 is 10.0 Å². The monoisotopic (exact) mass is 298 g/mol. The smallest absolute Gasteiger partial charge is 0.226 e. The van der Waals surface area contributed by atoms with Crippen LogP contribution in [0.2, 0.25) is 0 Å². The van der Waals surface area contributed by atoms with Crippen molar-refractivity contribution in [2.24, 2.45) is 5.92 Å². The van der Waals surface area contributed by atoms with Gasteiger partial charge >= 0.3 is 0 Å². The number of anilines is 1. The van der Waals surface area contributed by atoms with Gasteiger partial charge in [0.25, 0.3) is 0 Å². The molecule has 6 heteroatoms. The molecule has 0 fully saturated rings. The fourth-order valence-electron chi connectivity index (χ4n) is 1.53. The molecule has 1 rings (SSSR count). The van der Waals surface area contributed by atoms with Crippen LogP contribution in [0.1, 0.15) is 32.8 Å². The van der Waals surface area contributed by atoms with Gasteiger partial charge in [-0.05, 0) is 24.1 Å². The van der Waals surface area contributed by atoms with E-state index >= 15 is 0 Å². The quantitative estimate of drug-likeness (QED) is 0.809. The summed E-state index contributed by atoms with van der Waals surface area (Å²) < 4.78 is 25.6. The van der Waals surface area contributed by atoms with Gasteiger partial charge in [0.2, 0.25) is 15.9 Å². The van der Waals surface area contributed by atoms with Crippen molar-refractivity contribution in [2.45, 2.75) is 33.7 Å². The Bertz CT molecular complexity index is 536. The van der Waals surface area contributed by atoms with Crippen molar-refractivity contribution < 1.29 is 13.2 Å². The minimum absolute atomic E-state index is 0.0404. The van der Waals surface area contributed by atoms with E-state index in [4.69, 9.17) is 0 Å². The van der Waals surface area contributed by atoms with Crippen molar-refractivity contribution in [1.82, 2.24) is 4.72 Å². The first-order chi connectivity index (χ1) is 9.34. The minimum atomic E-state index is -3.19. The van der Waals surface area contributed by atoms with E-state index in [1.54, 1.807) is 24.3 Å². The molecule has 0 saturated carbocycles. The molecule has 0 bridgehead atoms. The van der Waals surface area contributed by atoms with Crippen LogP contribution in [-0.4, -0.2) is 20.1 Å². The largest absolute Gasteiger partial charge is 0.326 e. The van der Waals surface area contributed by atoms with Crippen molar-refractivity contribution in [2.75, 3.05) is 11.1 Å². The van der Waals surface area contributed by atoms with E-state index in [1.165, 1.54) is 0 Å². The Morgan fingerprint density at radius 2 is 1.80 bits per heavy atom. The molecule has 0 heterocycles. The number of rotatable bonds is 7. The first kappa shape index (κ1) is 16.7. The second kappa shape index (κ2) is 7.40. The molecule has 1 amide bonds. The van der Waals surface area contributed by atoms with Crippen LogP contribution in [0.5, 0.6) is 0 Å². The highest BCUT2D eigenvalue weighted by molar-refractivity contribution is 7.89. The Kier molecular flexibility index (Phi) is 6.16.